The summed E-state index contributed by atoms with van der Waals surface area (Å²) in [5.74, 6) is 0. The molecule has 0 atom stereocenters. The van der Waals surface area contributed by atoms with Gasteiger partial charge in [-0.1, -0.05) is 15.9 Å². The first-order valence-corrected chi connectivity index (χ1v) is 9.17. The van der Waals surface area contributed by atoms with E-state index in [1.165, 1.54) is 34.1 Å². The van der Waals surface area contributed by atoms with Crippen LogP contribution in [0.4, 0.5) is 10.5 Å². The molecule has 126 valence electrons. The summed E-state index contributed by atoms with van der Waals surface area (Å²) in [5, 5.41) is 0. The largest absolute Gasteiger partial charge is 0.444 e. The van der Waals surface area contributed by atoms with Crippen LogP contribution in [0.1, 0.15) is 38.3 Å². The third-order valence-electron chi connectivity index (χ3n) is 4.47. The molecule has 1 saturated heterocycles. The highest BCUT2D eigenvalue weighted by Gasteiger charge is 2.28. The van der Waals surface area contributed by atoms with Crippen LogP contribution < -0.4 is 4.90 Å². The van der Waals surface area contributed by atoms with E-state index in [9.17, 15) is 4.79 Å². The highest BCUT2D eigenvalue weighted by atomic mass is 79.9. The van der Waals surface area contributed by atoms with Crippen LogP contribution >= 0.6 is 15.9 Å². The molecule has 23 heavy (non-hydrogen) atoms. The number of halogens is 1. The Morgan fingerprint density at radius 2 is 1.74 bits per heavy atom. The number of nitrogens with zero attached hydrogens (tertiary/aromatic N) is 2. The Hall–Kier alpha value is -1.23. The molecule has 4 nitrogen and oxygen atoms in total. The van der Waals surface area contributed by atoms with Gasteiger partial charge in [-0.2, -0.15) is 0 Å². The highest BCUT2D eigenvalue weighted by molar-refractivity contribution is 9.10. The fraction of sp³-hybridized carbons (Fsp3) is 0.611. The molecule has 0 unspecified atom stereocenters. The predicted octanol–water partition coefficient (Wildman–Crippen LogP) is 3.99. The van der Waals surface area contributed by atoms with Gasteiger partial charge in [-0.25, -0.2) is 4.79 Å². The van der Waals surface area contributed by atoms with Gasteiger partial charge in [0.1, 0.15) is 5.60 Å². The molecule has 1 amide bonds. The van der Waals surface area contributed by atoms with Crippen LogP contribution in [0.3, 0.4) is 0 Å². The van der Waals surface area contributed by atoms with E-state index in [1.54, 1.807) is 0 Å². The van der Waals surface area contributed by atoms with E-state index in [0.717, 1.165) is 32.6 Å². The number of ether oxygens (including phenoxy) is 1. The third-order valence-corrected chi connectivity index (χ3v) is 5.22. The zero-order valence-electron chi connectivity index (χ0n) is 14.2. The van der Waals surface area contributed by atoms with Gasteiger partial charge in [-0.05, 0) is 63.3 Å². The first-order chi connectivity index (χ1) is 10.8. The van der Waals surface area contributed by atoms with E-state index in [-0.39, 0.29) is 6.09 Å². The standard InChI is InChI=1S/C18H25BrN2O2/c1-18(2,3)23-17(22)21-11-9-20(10-12-21)16-8-7-15(19)13-5-4-6-14(13)16/h7-8H,4-6,9-12H2,1-3H3. The molecule has 3 rings (SSSR count). The summed E-state index contributed by atoms with van der Waals surface area (Å²) >= 11 is 3.67. The van der Waals surface area contributed by atoms with Crippen molar-refractivity contribution >= 4 is 27.7 Å². The van der Waals surface area contributed by atoms with Gasteiger partial charge >= 0.3 is 6.09 Å². The lowest BCUT2D eigenvalue weighted by atomic mass is 10.1. The molecule has 0 bridgehead atoms. The Morgan fingerprint density at radius 3 is 2.39 bits per heavy atom. The van der Waals surface area contributed by atoms with Crippen LogP contribution in [0.25, 0.3) is 0 Å². The number of hydrogen-bond acceptors (Lipinski definition) is 3. The van der Waals surface area contributed by atoms with Gasteiger partial charge in [-0.15, -0.1) is 0 Å². The van der Waals surface area contributed by atoms with E-state index < -0.39 is 5.60 Å². The van der Waals surface area contributed by atoms with Gasteiger partial charge in [0.05, 0.1) is 0 Å². The minimum atomic E-state index is -0.430. The lowest BCUT2D eigenvalue weighted by Crippen LogP contribution is -2.50. The number of anilines is 1. The molecule has 1 aliphatic carbocycles. The Morgan fingerprint density at radius 1 is 1.09 bits per heavy atom. The fourth-order valence-electron chi connectivity index (χ4n) is 3.40. The topological polar surface area (TPSA) is 32.8 Å². The quantitative estimate of drug-likeness (QED) is 0.737. The molecule has 5 heteroatoms. The van der Waals surface area contributed by atoms with Gasteiger partial charge in [-0.3, -0.25) is 0 Å². The molecule has 0 radical (unpaired) electrons. The Balaban J connectivity index is 1.66. The van der Waals surface area contributed by atoms with Gasteiger partial charge in [0.25, 0.3) is 0 Å². The summed E-state index contributed by atoms with van der Waals surface area (Å²) in [7, 11) is 0. The Labute approximate surface area is 146 Å². The molecule has 0 N–H and O–H groups in total. The van der Waals surface area contributed by atoms with Crippen molar-refractivity contribution in [3.05, 3.63) is 27.7 Å². The van der Waals surface area contributed by atoms with Crippen LogP contribution in [0, 0.1) is 0 Å². The number of amides is 1. The lowest BCUT2D eigenvalue weighted by Gasteiger charge is -2.37. The zero-order chi connectivity index (χ0) is 16.6. The van der Waals surface area contributed by atoms with Crippen molar-refractivity contribution in [1.82, 2.24) is 4.90 Å². The average Bonchev–Trinajstić information content (AvgIpc) is 2.96. The van der Waals surface area contributed by atoms with Crippen molar-refractivity contribution in [2.45, 2.75) is 45.6 Å². The molecule has 1 aromatic rings. The van der Waals surface area contributed by atoms with Crippen molar-refractivity contribution in [3.8, 4) is 0 Å². The number of piperazine rings is 1. The molecular weight excluding hydrogens is 356 g/mol. The van der Waals surface area contributed by atoms with E-state index in [2.05, 4.69) is 33.0 Å². The molecule has 1 aromatic carbocycles. The smallest absolute Gasteiger partial charge is 0.410 e. The van der Waals surface area contributed by atoms with Gasteiger partial charge in [0.15, 0.2) is 0 Å². The Kier molecular flexibility index (Phi) is 4.59. The highest BCUT2D eigenvalue weighted by Crippen LogP contribution is 2.36. The van der Waals surface area contributed by atoms with Crippen molar-refractivity contribution in [2.75, 3.05) is 31.1 Å². The van der Waals surface area contributed by atoms with E-state index >= 15 is 0 Å². The monoisotopic (exact) mass is 380 g/mol. The molecule has 0 spiro atoms. The maximum Gasteiger partial charge on any atom is 0.410 e. The van der Waals surface area contributed by atoms with Crippen molar-refractivity contribution < 1.29 is 9.53 Å². The van der Waals surface area contributed by atoms with E-state index in [1.807, 2.05) is 25.7 Å². The molecular formula is C18H25BrN2O2. The average molecular weight is 381 g/mol. The summed E-state index contributed by atoms with van der Waals surface area (Å²) < 4.78 is 6.71. The van der Waals surface area contributed by atoms with Crippen LogP contribution in [-0.2, 0) is 17.6 Å². The summed E-state index contributed by atoms with van der Waals surface area (Å²) in [6.45, 7) is 8.91. The second-order valence-corrected chi connectivity index (χ2v) is 8.19. The molecule has 0 saturated carbocycles. The normalized spacial score (nSPS) is 18.1. The molecule has 2 aliphatic rings. The second-order valence-electron chi connectivity index (χ2n) is 7.33. The van der Waals surface area contributed by atoms with Crippen molar-refractivity contribution in [2.24, 2.45) is 0 Å². The van der Waals surface area contributed by atoms with Crippen molar-refractivity contribution in [1.29, 1.82) is 0 Å². The third kappa shape index (κ3) is 3.65. The minimum absolute atomic E-state index is 0.196. The number of fused-ring (bicyclic) bond motifs is 1. The number of benzene rings is 1. The molecule has 1 aliphatic heterocycles. The minimum Gasteiger partial charge on any atom is -0.444 e. The van der Waals surface area contributed by atoms with Crippen molar-refractivity contribution in [3.63, 3.8) is 0 Å². The van der Waals surface area contributed by atoms with Crippen LogP contribution in [0.15, 0.2) is 16.6 Å². The fourth-order valence-corrected chi connectivity index (χ4v) is 3.97. The molecule has 0 aromatic heterocycles. The first kappa shape index (κ1) is 16.6. The zero-order valence-corrected chi connectivity index (χ0v) is 15.8. The van der Waals surface area contributed by atoms with E-state index in [0.29, 0.717) is 0 Å². The Bertz CT molecular complexity index is 602. The summed E-state index contributed by atoms with van der Waals surface area (Å²) in [6, 6.07) is 4.39. The van der Waals surface area contributed by atoms with Gasteiger partial charge in [0, 0.05) is 36.3 Å². The summed E-state index contributed by atoms with van der Waals surface area (Å²) in [4.78, 5) is 16.4. The SMILES string of the molecule is CC(C)(C)OC(=O)N1CCN(c2ccc(Br)c3c2CCC3)CC1. The van der Waals surface area contributed by atoms with Gasteiger partial charge < -0.3 is 14.5 Å². The predicted molar refractivity (Wildman–Crippen MR) is 96.2 cm³/mol. The summed E-state index contributed by atoms with van der Waals surface area (Å²) in [5.41, 5.74) is 3.88. The maximum absolute atomic E-state index is 12.2. The number of hydrogen-bond donors (Lipinski definition) is 0. The van der Waals surface area contributed by atoms with Crippen LogP contribution in [0.2, 0.25) is 0 Å². The van der Waals surface area contributed by atoms with Crippen LogP contribution in [0.5, 0.6) is 0 Å². The maximum atomic E-state index is 12.2. The van der Waals surface area contributed by atoms with Crippen LogP contribution in [-0.4, -0.2) is 42.8 Å². The molecule has 1 fully saturated rings. The lowest BCUT2D eigenvalue weighted by molar-refractivity contribution is 0.0240. The molecule has 1 heterocycles. The van der Waals surface area contributed by atoms with Gasteiger partial charge in [0.2, 0.25) is 0 Å². The van der Waals surface area contributed by atoms with E-state index in [4.69, 9.17) is 4.74 Å². The number of rotatable bonds is 1. The number of carbonyl (C=O) groups is 1. The first-order valence-electron chi connectivity index (χ1n) is 8.38. The number of carbonyl (C=O) groups excluding carboxylic acids is 1. The summed E-state index contributed by atoms with van der Waals surface area (Å²) in [6.07, 6.45) is 3.37. The second kappa shape index (κ2) is 6.34.